The Morgan fingerprint density at radius 2 is 0.703 bits per heavy atom. The zero-order valence-electron chi connectivity index (χ0n) is 56.2. The minimum absolute atomic E-state index is 0.00897. The smallest absolute Gasteiger partial charge is 0.314 e. The maximum atomic E-state index is 12.2. The fourth-order valence-corrected chi connectivity index (χ4v) is 9.39. The molecule has 0 aliphatic carbocycles. The van der Waals surface area contributed by atoms with Crippen LogP contribution in [0.25, 0.3) is 34.0 Å². The van der Waals surface area contributed by atoms with Gasteiger partial charge in [-0.1, -0.05) is 177 Å². The van der Waals surface area contributed by atoms with Crippen molar-refractivity contribution in [2.75, 3.05) is 20.4 Å². The standard InChI is InChI=1S/C25H32ClN3O3.C23H28ClN3O3.C22H26ClN3O3/c1-9-29-21(20(26)16(2)28-29)22(31-15-32-23(30)25(6,7)8)19(14-27)17-10-12-18(13-11-17)24(3,4)5;1-7-19(28)29-14-30-22(21-20(24)15(3)26-27(21)8-2)18(13-25)16-9-11-17(12-10-16)23(4,5)6;1-7-26-20(19(23)14(2)25-26)21(29-13-28-15(3)27)18(12-24)16-8-10-17(11-9-16)22(4,5)6/h10-13H,9,15H2,1-8H3;9-12H,7-8,14H2,1-6H3;8-11H,7,13H2,1-6H3/b22-19-;22-18-;21-18-. The number of esters is 3. The summed E-state index contributed by atoms with van der Waals surface area (Å²) in [6, 6.07) is 29.9. The highest BCUT2D eigenvalue weighted by molar-refractivity contribution is 6.34. The number of hydrogen-bond acceptors (Lipinski definition) is 15. The van der Waals surface area contributed by atoms with Crippen LogP contribution in [-0.4, -0.2) is 67.6 Å². The van der Waals surface area contributed by atoms with Crippen LogP contribution in [-0.2, 0) is 78.7 Å². The van der Waals surface area contributed by atoms with E-state index >= 15 is 0 Å². The lowest BCUT2D eigenvalue weighted by atomic mass is 9.86. The topological polar surface area (TPSA) is 231 Å². The molecule has 3 aromatic carbocycles. The fraction of sp³-hybridized carbons (Fsp3) is 0.443. The summed E-state index contributed by atoms with van der Waals surface area (Å²) in [5.41, 5.74) is 8.95. The Bertz CT molecular complexity index is 3770. The zero-order chi connectivity index (χ0) is 68.5. The average molecular weight is 1300 g/mol. The van der Waals surface area contributed by atoms with E-state index in [0.717, 1.165) is 16.7 Å². The number of carbonyl (C=O) groups is 3. The number of ether oxygens (including phenoxy) is 6. The van der Waals surface area contributed by atoms with Crippen LogP contribution in [0, 0.1) is 60.2 Å². The van der Waals surface area contributed by atoms with Crippen molar-refractivity contribution in [3.63, 3.8) is 0 Å². The Hall–Kier alpha value is -8.34. The van der Waals surface area contributed by atoms with Crippen LogP contribution in [0.2, 0.25) is 15.1 Å². The van der Waals surface area contributed by atoms with E-state index in [1.165, 1.54) is 6.92 Å². The number of rotatable bonds is 19. The van der Waals surface area contributed by atoms with Crippen molar-refractivity contribution >= 4 is 86.7 Å². The van der Waals surface area contributed by atoms with E-state index in [2.05, 4.69) is 95.8 Å². The second kappa shape index (κ2) is 32.6. The normalized spacial score (nSPS) is 12.4. The Balaban J connectivity index is 0.000000292. The molecule has 486 valence electrons. The molecule has 0 aliphatic heterocycles. The van der Waals surface area contributed by atoms with E-state index in [9.17, 15) is 30.2 Å². The summed E-state index contributed by atoms with van der Waals surface area (Å²) in [7, 11) is 0. The van der Waals surface area contributed by atoms with Gasteiger partial charge in [0.05, 0.1) is 37.6 Å². The highest BCUT2D eigenvalue weighted by Crippen LogP contribution is 2.38. The van der Waals surface area contributed by atoms with E-state index in [0.29, 0.717) is 91.1 Å². The number of aromatic nitrogens is 6. The summed E-state index contributed by atoms with van der Waals surface area (Å²) in [6.07, 6.45) is 0.231. The summed E-state index contributed by atoms with van der Waals surface area (Å²) in [5.74, 6) is -0.597. The Labute approximate surface area is 551 Å². The van der Waals surface area contributed by atoms with Crippen LogP contribution in [0.15, 0.2) is 72.8 Å². The molecular weight excluding hydrogens is 1220 g/mol. The van der Waals surface area contributed by atoms with E-state index in [4.69, 9.17) is 63.2 Å². The van der Waals surface area contributed by atoms with Crippen LogP contribution >= 0.6 is 34.8 Å². The van der Waals surface area contributed by atoms with Crippen LogP contribution < -0.4 is 0 Å². The minimum Gasteiger partial charge on any atom is -0.454 e. The highest BCUT2D eigenvalue weighted by atomic mass is 35.5. The molecule has 0 unspecified atom stereocenters. The second-order valence-corrected chi connectivity index (χ2v) is 26.2. The number of aryl methyl sites for hydroxylation is 6. The number of allylic oxidation sites excluding steroid dienone is 3. The average Bonchev–Trinajstić information content (AvgIpc) is 1.76. The van der Waals surface area contributed by atoms with E-state index in [1.807, 2.05) is 93.6 Å². The Morgan fingerprint density at radius 3 is 0.923 bits per heavy atom. The van der Waals surface area contributed by atoms with Gasteiger partial charge in [0.15, 0.2) is 17.3 Å². The van der Waals surface area contributed by atoms with Crippen molar-refractivity contribution in [2.45, 2.75) is 181 Å². The third-order valence-electron chi connectivity index (χ3n) is 14.0. The van der Waals surface area contributed by atoms with E-state index in [1.54, 1.807) is 62.5 Å². The van der Waals surface area contributed by atoms with Gasteiger partial charge in [-0.25, -0.2) is 0 Å². The molecule has 0 saturated heterocycles. The molecule has 6 rings (SSSR count). The lowest BCUT2D eigenvalue weighted by molar-refractivity contribution is -0.161. The maximum absolute atomic E-state index is 12.2. The number of nitriles is 3. The van der Waals surface area contributed by atoms with E-state index < -0.39 is 23.3 Å². The van der Waals surface area contributed by atoms with Gasteiger partial charge in [-0.15, -0.1) is 0 Å². The van der Waals surface area contributed by atoms with Crippen molar-refractivity contribution in [3.8, 4) is 18.2 Å². The molecule has 0 atom stereocenters. The van der Waals surface area contributed by atoms with Crippen molar-refractivity contribution in [2.24, 2.45) is 5.41 Å². The number of halogens is 3. The van der Waals surface area contributed by atoms with Gasteiger partial charge < -0.3 is 28.4 Å². The highest BCUT2D eigenvalue weighted by Gasteiger charge is 2.29. The number of nitrogens with zero attached hydrogens (tertiary/aromatic N) is 9. The molecule has 0 spiro atoms. The summed E-state index contributed by atoms with van der Waals surface area (Å²) in [5, 5.41) is 44.4. The second-order valence-electron chi connectivity index (χ2n) is 25.1. The SMILES string of the molecule is CCC(=O)OCO/C(=C(/C#N)c1ccc(C(C)(C)C)cc1)c1c(Cl)c(C)nn1CC.CCn1nc(C)c(Cl)c1/C(OCOC(=O)C(C)(C)C)=C(\C#N)c1ccc(C(C)(C)C)cc1.CCn1nc(C)c(Cl)c1/C(OCOC(C)=O)=C(\C#N)c1ccc(C(C)(C)C)cc1. The lowest BCUT2D eigenvalue weighted by Crippen LogP contribution is -2.24. The van der Waals surface area contributed by atoms with Gasteiger partial charge in [-0.05, 0) is 112 Å². The fourth-order valence-electron chi connectivity index (χ4n) is 8.73. The first-order valence-electron chi connectivity index (χ1n) is 29.8. The predicted octanol–water partition coefficient (Wildman–Crippen LogP) is 16.7. The molecule has 21 heteroatoms. The summed E-state index contributed by atoms with van der Waals surface area (Å²) >= 11 is 19.6. The van der Waals surface area contributed by atoms with Crippen LogP contribution in [0.4, 0.5) is 0 Å². The number of carbonyl (C=O) groups excluding carboxylic acids is 3. The summed E-state index contributed by atoms with van der Waals surface area (Å²) in [4.78, 5) is 34.9. The number of benzene rings is 3. The first-order valence-corrected chi connectivity index (χ1v) is 31.0. The largest absolute Gasteiger partial charge is 0.454 e. The molecule has 3 aromatic heterocycles. The van der Waals surface area contributed by atoms with Crippen LogP contribution in [0.3, 0.4) is 0 Å². The van der Waals surface area contributed by atoms with Crippen LogP contribution in [0.1, 0.15) is 192 Å². The van der Waals surface area contributed by atoms with Gasteiger partial charge >= 0.3 is 17.9 Å². The lowest BCUT2D eigenvalue weighted by Gasteiger charge is -2.20. The van der Waals surface area contributed by atoms with Crippen molar-refractivity contribution in [1.82, 2.24) is 29.3 Å². The molecule has 0 N–H and O–H groups in total. The van der Waals surface area contributed by atoms with E-state index in [-0.39, 0.29) is 71.5 Å². The molecule has 0 aliphatic rings. The van der Waals surface area contributed by atoms with Crippen LogP contribution in [0.5, 0.6) is 0 Å². The summed E-state index contributed by atoms with van der Waals surface area (Å²) in [6.45, 7) is 39.1. The molecule has 0 fully saturated rings. The third kappa shape index (κ3) is 19.8. The number of hydrogen-bond donors (Lipinski definition) is 0. The molecule has 0 amide bonds. The Kier molecular flexibility index (Phi) is 26.9. The quantitative estimate of drug-likeness (QED) is 0.0241. The van der Waals surface area contributed by atoms with Gasteiger partial charge in [0.25, 0.3) is 0 Å². The molecule has 0 saturated carbocycles. The molecule has 6 aromatic rings. The van der Waals surface area contributed by atoms with Gasteiger partial charge in [0.2, 0.25) is 20.4 Å². The molecular formula is C70H86Cl3N9O9. The first kappa shape index (κ1) is 75.1. The molecule has 0 bridgehead atoms. The third-order valence-corrected chi connectivity index (χ3v) is 15.4. The van der Waals surface area contributed by atoms with Crippen molar-refractivity contribution in [1.29, 1.82) is 15.8 Å². The minimum atomic E-state index is -0.673. The monoisotopic (exact) mass is 1300 g/mol. The maximum Gasteiger partial charge on any atom is 0.314 e. The molecule has 91 heavy (non-hydrogen) atoms. The molecule has 0 radical (unpaired) electrons. The van der Waals surface area contributed by atoms with Gasteiger partial charge in [0.1, 0.15) is 52.0 Å². The Morgan fingerprint density at radius 1 is 0.440 bits per heavy atom. The molecule has 3 heterocycles. The van der Waals surface area contributed by atoms with Crippen molar-refractivity contribution < 1.29 is 42.8 Å². The summed E-state index contributed by atoms with van der Waals surface area (Å²) < 4.78 is 37.8. The first-order chi connectivity index (χ1) is 42.5. The zero-order valence-corrected chi connectivity index (χ0v) is 58.5. The predicted molar refractivity (Wildman–Crippen MR) is 357 cm³/mol. The van der Waals surface area contributed by atoms with Crippen molar-refractivity contribution in [3.05, 3.63) is 155 Å². The van der Waals surface area contributed by atoms with Gasteiger partial charge in [-0.2, -0.15) is 31.1 Å². The molecule has 18 nitrogen and oxygen atoms in total. The van der Waals surface area contributed by atoms with Gasteiger partial charge in [-0.3, -0.25) is 28.4 Å². The van der Waals surface area contributed by atoms with Gasteiger partial charge in [0, 0.05) is 33.0 Å².